The molecule has 1 aromatic carbocycles. The Hall–Kier alpha value is -1.62. The van der Waals surface area contributed by atoms with E-state index in [1.54, 1.807) is 12.1 Å². The van der Waals surface area contributed by atoms with Crippen LogP contribution in [0.3, 0.4) is 0 Å². The first-order chi connectivity index (χ1) is 9.50. The number of nitrogens with zero attached hydrogens (tertiary/aromatic N) is 2. The number of carbonyl (C=O) groups is 1. The number of piperazine rings is 1. The number of benzene rings is 1. The average molecular weight is 279 g/mol. The van der Waals surface area contributed by atoms with Crippen molar-refractivity contribution in [2.24, 2.45) is 11.7 Å². The molecular formula is C15H22FN3O. The summed E-state index contributed by atoms with van der Waals surface area (Å²) in [4.78, 5) is 16.0. The van der Waals surface area contributed by atoms with Gasteiger partial charge in [-0.2, -0.15) is 0 Å². The molecule has 1 aliphatic heterocycles. The van der Waals surface area contributed by atoms with Crippen molar-refractivity contribution in [1.82, 2.24) is 4.90 Å². The van der Waals surface area contributed by atoms with E-state index in [4.69, 9.17) is 5.73 Å². The zero-order valence-electron chi connectivity index (χ0n) is 12.1. The predicted octanol–water partition coefficient (Wildman–Crippen LogP) is 1.46. The third-order valence-corrected chi connectivity index (χ3v) is 3.96. The van der Waals surface area contributed by atoms with E-state index in [-0.39, 0.29) is 23.7 Å². The summed E-state index contributed by atoms with van der Waals surface area (Å²) in [5.74, 6) is -0.292. The summed E-state index contributed by atoms with van der Waals surface area (Å²) in [5.41, 5.74) is 6.39. The lowest BCUT2D eigenvalue weighted by Gasteiger charge is -2.37. The molecule has 2 N–H and O–H groups in total. The van der Waals surface area contributed by atoms with Gasteiger partial charge in [-0.15, -0.1) is 0 Å². The molecule has 1 heterocycles. The molecule has 2 rings (SSSR count). The third kappa shape index (κ3) is 3.10. The van der Waals surface area contributed by atoms with Gasteiger partial charge in [-0.25, -0.2) is 4.39 Å². The quantitative estimate of drug-likeness (QED) is 0.911. The lowest BCUT2D eigenvalue weighted by atomic mass is 10.0. The fourth-order valence-corrected chi connectivity index (χ4v) is 2.39. The van der Waals surface area contributed by atoms with Crippen LogP contribution in [0.2, 0.25) is 0 Å². The number of amides is 1. The van der Waals surface area contributed by atoms with Crippen LogP contribution in [0.1, 0.15) is 13.8 Å². The van der Waals surface area contributed by atoms with Crippen LogP contribution in [-0.4, -0.2) is 43.0 Å². The van der Waals surface area contributed by atoms with Crippen LogP contribution in [0.4, 0.5) is 10.1 Å². The molecule has 1 aromatic rings. The van der Waals surface area contributed by atoms with E-state index in [1.807, 2.05) is 29.7 Å². The minimum absolute atomic E-state index is 0.0909. The summed E-state index contributed by atoms with van der Waals surface area (Å²) in [6.07, 6.45) is 0. The smallest absolute Gasteiger partial charge is 0.227 e. The lowest BCUT2D eigenvalue weighted by molar-refractivity contribution is -0.135. The van der Waals surface area contributed by atoms with E-state index in [9.17, 15) is 9.18 Å². The number of para-hydroxylation sites is 1. The van der Waals surface area contributed by atoms with Crippen LogP contribution in [0.25, 0.3) is 0 Å². The maximum absolute atomic E-state index is 13.7. The Labute approximate surface area is 119 Å². The highest BCUT2D eigenvalue weighted by Crippen LogP contribution is 2.20. The van der Waals surface area contributed by atoms with Crippen molar-refractivity contribution in [3.05, 3.63) is 30.1 Å². The molecule has 0 aromatic heterocycles. The molecule has 1 amide bonds. The van der Waals surface area contributed by atoms with Gasteiger partial charge in [-0.05, 0) is 19.1 Å². The van der Waals surface area contributed by atoms with Gasteiger partial charge in [-0.3, -0.25) is 4.79 Å². The number of hydrogen-bond acceptors (Lipinski definition) is 3. The summed E-state index contributed by atoms with van der Waals surface area (Å²) < 4.78 is 13.7. The van der Waals surface area contributed by atoms with Crippen molar-refractivity contribution < 1.29 is 9.18 Å². The molecule has 0 radical (unpaired) electrons. The summed E-state index contributed by atoms with van der Waals surface area (Å²) >= 11 is 0. The fourth-order valence-electron chi connectivity index (χ4n) is 2.39. The second-order valence-corrected chi connectivity index (χ2v) is 5.41. The van der Waals surface area contributed by atoms with Gasteiger partial charge in [-0.1, -0.05) is 19.1 Å². The number of rotatable bonds is 3. The van der Waals surface area contributed by atoms with Crippen molar-refractivity contribution >= 4 is 11.6 Å². The van der Waals surface area contributed by atoms with E-state index in [0.29, 0.717) is 31.9 Å². The van der Waals surface area contributed by atoms with E-state index < -0.39 is 0 Å². The molecule has 1 saturated heterocycles. The second kappa shape index (κ2) is 6.22. The molecule has 0 spiro atoms. The van der Waals surface area contributed by atoms with E-state index >= 15 is 0 Å². The normalized spacial score (nSPS) is 18.8. The summed E-state index contributed by atoms with van der Waals surface area (Å²) in [6.45, 7) is 6.24. The second-order valence-electron chi connectivity index (χ2n) is 5.41. The fraction of sp³-hybridized carbons (Fsp3) is 0.533. The Morgan fingerprint density at radius 1 is 1.20 bits per heavy atom. The zero-order chi connectivity index (χ0) is 14.7. The molecular weight excluding hydrogens is 257 g/mol. The first-order valence-electron chi connectivity index (χ1n) is 7.04. The number of anilines is 1. The zero-order valence-corrected chi connectivity index (χ0v) is 12.1. The Kier molecular flexibility index (Phi) is 4.60. The Morgan fingerprint density at radius 2 is 1.80 bits per heavy atom. The summed E-state index contributed by atoms with van der Waals surface area (Å²) in [5, 5.41) is 0. The molecule has 2 atom stereocenters. The van der Waals surface area contributed by atoms with Gasteiger partial charge in [0, 0.05) is 32.2 Å². The minimum Gasteiger partial charge on any atom is -0.366 e. The molecule has 5 heteroatoms. The van der Waals surface area contributed by atoms with Gasteiger partial charge in [0.1, 0.15) is 5.82 Å². The standard InChI is InChI=1S/C15H22FN3O/c1-11(12(2)17)15(20)19-9-7-18(8-10-19)14-6-4-3-5-13(14)16/h3-6,11-12H,7-10,17H2,1-2H3. The number of nitrogens with two attached hydrogens (primary N) is 1. The first kappa shape index (κ1) is 14.8. The Balaban J connectivity index is 1.96. The van der Waals surface area contributed by atoms with Crippen molar-refractivity contribution in [1.29, 1.82) is 0 Å². The van der Waals surface area contributed by atoms with Crippen molar-refractivity contribution in [2.75, 3.05) is 31.1 Å². The maximum atomic E-state index is 13.7. The molecule has 110 valence electrons. The molecule has 0 saturated carbocycles. The number of hydrogen-bond donors (Lipinski definition) is 1. The van der Waals surface area contributed by atoms with Crippen LogP contribution in [-0.2, 0) is 4.79 Å². The molecule has 1 aliphatic rings. The number of carbonyl (C=O) groups excluding carboxylic acids is 1. The van der Waals surface area contributed by atoms with Crippen molar-refractivity contribution in [2.45, 2.75) is 19.9 Å². The van der Waals surface area contributed by atoms with Crippen LogP contribution in [0, 0.1) is 11.7 Å². The highest BCUT2D eigenvalue weighted by atomic mass is 19.1. The Morgan fingerprint density at radius 3 is 2.35 bits per heavy atom. The van der Waals surface area contributed by atoms with Crippen molar-refractivity contribution in [3.63, 3.8) is 0 Å². The van der Waals surface area contributed by atoms with Crippen LogP contribution < -0.4 is 10.6 Å². The van der Waals surface area contributed by atoms with Gasteiger partial charge in [0.25, 0.3) is 0 Å². The van der Waals surface area contributed by atoms with Crippen LogP contribution in [0.15, 0.2) is 24.3 Å². The number of halogens is 1. The summed E-state index contributed by atoms with van der Waals surface area (Å²) in [7, 11) is 0. The molecule has 0 aliphatic carbocycles. The van der Waals surface area contributed by atoms with Gasteiger partial charge < -0.3 is 15.5 Å². The third-order valence-electron chi connectivity index (χ3n) is 3.96. The van der Waals surface area contributed by atoms with Gasteiger partial charge in [0.05, 0.1) is 11.6 Å². The average Bonchev–Trinajstić information content (AvgIpc) is 2.46. The SMILES string of the molecule is CC(N)C(C)C(=O)N1CCN(c2ccccc2F)CC1. The molecule has 2 unspecified atom stereocenters. The van der Waals surface area contributed by atoms with E-state index in [2.05, 4.69) is 0 Å². The molecule has 0 bridgehead atoms. The topological polar surface area (TPSA) is 49.6 Å². The minimum atomic E-state index is -0.212. The highest BCUT2D eigenvalue weighted by molar-refractivity contribution is 5.79. The molecule has 4 nitrogen and oxygen atoms in total. The van der Waals surface area contributed by atoms with Crippen molar-refractivity contribution in [3.8, 4) is 0 Å². The summed E-state index contributed by atoms with van der Waals surface area (Å²) in [6, 6.07) is 6.60. The monoisotopic (exact) mass is 279 g/mol. The van der Waals surface area contributed by atoms with Gasteiger partial charge >= 0.3 is 0 Å². The first-order valence-corrected chi connectivity index (χ1v) is 7.04. The van der Waals surface area contributed by atoms with Gasteiger partial charge in [0.2, 0.25) is 5.91 Å². The van der Waals surface area contributed by atoms with Crippen LogP contribution >= 0.6 is 0 Å². The lowest BCUT2D eigenvalue weighted by Crippen LogP contribution is -2.52. The Bertz CT molecular complexity index is 470. The maximum Gasteiger partial charge on any atom is 0.227 e. The van der Waals surface area contributed by atoms with E-state index in [1.165, 1.54) is 6.07 Å². The van der Waals surface area contributed by atoms with Crippen LogP contribution in [0.5, 0.6) is 0 Å². The predicted molar refractivity (Wildman–Crippen MR) is 78.0 cm³/mol. The molecule has 20 heavy (non-hydrogen) atoms. The van der Waals surface area contributed by atoms with E-state index in [0.717, 1.165) is 0 Å². The molecule has 1 fully saturated rings. The largest absolute Gasteiger partial charge is 0.366 e. The van der Waals surface area contributed by atoms with Gasteiger partial charge in [0.15, 0.2) is 0 Å². The highest BCUT2D eigenvalue weighted by Gasteiger charge is 2.27.